The molecule has 1 aliphatic carbocycles. The lowest BCUT2D eigenvalue weighted by Crippen LogP contribution is -2.38. The van der Waals surface area contributed by atoms with Crippen molar-refractivity contribution in [3.05, 3.63) is 0 Å². The summed E-state index contributed by atoms with van der Waals surface area (Å²) in [6.45, 7) is 2.21. The number of rotatable bonds is 4. The van der Waals surface area contributed by atoms with Gasteiger partial charge in [-0.2, -0.15) is 0 Å². The summed E-state index contributed by atoms with van der Waals surface area (Å²) in [4.78, 5) is 12.1. The molecule has 1 spiro atoms. The normalized spacial score (nSPS) is 28.8. The second-order valence-electron chi connectivity index (χ2n) is 5.42. The Balaban J connectivity index is 1.85. The average Bonchev–Trinajstić information content (AvgIpc) is 2.57. The van der Waals surface area contributed by atoms with Gasteiger partial charge in [0.25, 0.3) is 0 Å². The van der Waals surface area contributed by atoms with Gasteiger partial charge in [0.1, 0.15) is 5.60 Å². The van der Waals surface area contributed by atoms with E-state index in [9.17, 15) is 4.79 Å². The first-order valence-corrected chi connectivity index (χ1v) is 6.98. The smallest absolute Gasteiger partial charge is 0.167 e. The number of unbranched alkanes of at least 4 members (excludes halogenated alkanes) is 2. The molecule has 16 heavy (non-hydrogen) atoms. The third kappa shape index (κ3) is 2.48. The van der Waals surface area contributed by atoms with E-state index in [-0.39, 0.29) is 11.7 Å². The predicted molar refractivity (Wildman–Crippen MR) is 64.5 cm³/mol. The monoisotopic (exact) mass is 224 g/mol. The summed E-state index contributed by atoms with van der Waals surface area (Å²) in [6.07, 6.45) is 11.3. The van der Waals surface area contributed by atoms with Crippen LogP contribution in [0.25, 0.3) is 0 Å². The Morgan fingerprint density at radius 2 is 2.00 bits per heavy atom. The van der Waals surface area contributed by atoms with Gasteiger partial charge in [-0.3, -0.25) is 4.79 Å². The molecule has 0 N–H and O–H groups in total. The van der Waals surface area contributed by atoms with Gasteiger partial charge < -0.3 is 4.74 Å². The molecular weight excluding hydrogens is 200 g/mol. The molecule has 2 heteroatoms. The third-order valence-corrected chi connectivity index (χ3v) is 4.10. The summed E-state index contributed by atoms with van der Waals surface area (Å²) in [5.41, 5.74) is -0.338. The second kappa shape index (κ2) is 5.31. The van der Waals surface area contributed by atoms with Gasteiger partial charge in [0.15, 0.2) is 5.78 Å². The molecule has 0 aromatic heterocycles. The second-order valence-corrected chi connectivity index (χ2v) is 5.42. The van der Waals surface area contributed by atoms with Crippen molar-refractivity contribution in [1.29, 1.82) is 0 Å². The van der Waals surface area contributed by atoms with Crippen molar-refractivity contribution in [3.63, 3.8) is 0 Å². The molecule has 0 aromatic carbocycles. The van der Waals surface area contributed by atoms with E-state index in [1.54, 1.807) is 0 Å². The van der Waals surface area contributed by atoms with Crippen molar-refractivity contribution in [3.8, 4) is 0 Å². The molecule has 2 fully saturated rings. The number of hydrogen-bond donors (Lipinski definition) is 0. The fourth-order valence-corrected chi connectivity index (χ4v) is 3.12. The highest BCUT2D eigenvalue weighted by Crippen LogP contribution is 2.40. The van der Waals surface area contributed by atoms with Crippen molar-refractivity contribution in [2.45, 2.75) is 82.8 Å². The Morgan fingerprint density at radius 3 is 2.69 bits per heavy atom. The van der Waals surface area contributed by atoms with E-state index in [0.717, 1.165) is 19.3 Å². The molecule has 1 saturated carbocycles. The van der Waals surface area contributed by atoms with Crippen molar-refractivity contribution in [2.24, 2.45) is 0 Å². The molecule has 92 valence electrons. The summed E-state index contributed by atoms with van der Waals surface area (Å²) >= 11 is 0. The minimum Gasteiger partial charge on any atom is -0.364 e. The van der Waals surface area contributed by atoms with Crippen LogP contribution in [0.2, 0.25) is 0 Å². The molecule has 2 nitrogen and oxygen atoms in total. The lowest BCUT2D eigenvalue weighted by molar-refractivity contribution is -0.137. The van der Waals surface area contributed by atoms with E-state index in [1.807, 2.05) is 0 Å². The maximum Gasteiger partial charge on any atom is 0.167 e. The van der Waals surface area contributed by atoms with Crippen molar-refractivity contribution < 1.29 is 9.53 Å². The van der Waals surface area contributed by atoms with E-state index < -0.39 is 0 Å². The molecule has 1 aliphatic heterocycles. The predicted octanol–water partition coefficient (Wildman–Crippen LogP) is 3.63. The van der Waals surface area contributed by atoms with Gasteiger partial charge in [-0.15, -0.1) is 0 Å². The van der Waals surface area contributed by atoms with Crippen molar-refractivity contribution in [1.82, 2.24) is 0 Å². The first-order chi connectivity index (χ1) is 7.77. The van der Waals surface area contributed by atoms with Crippen molar-refractivity contribution in [2.75, 3.05) is 0 Å². The zero-order valence-electron chi connectivity index (χ0n) is 10.5. The first-order valence-electron chi connectivity index (χ1n) is 6.98. The molecule has 1 unspecified atom stereocenters. The molecule has 0 radical (unpaired) electrons. The first kappa shape index (κ1) is 12.1. The van der Waals surface area contributed by atoms with Gasteiger partial charge in [0.05, 0.1) is 6.10 Å². The van der Waals surface area contributed by atoms with Gasteiger partial charge in [0, 0.05) is 6.42 Å². The minimum absolute atomic E-state index is 0.233. The third-order valence-electron chi connectivity index (χ3n) is 4.10. The minimum atomic E-state index is -0.338. The number of ether oxygens (including phenoxy) is 1. The SMILES string of the molecule is CCCCCC1CC(=O)C2(CCCCC2)O1. The molecule has 0 amide bonds. The Hall–Kier alpha value is -0.370. The van der Waals surface area contributed by atoms with E-state index in [2.05, 4.69) is 6.92 Å². The largest absolute Gasteiger partial charge is 0.364 e. The highest BCUT2D eigenvalue weighted by atomic mass is 16.5. The van der Waals surface area contributed by atoms with E-state index in [1.165, 1.54) is 38.5 Å². The van der Waals surface area contributed by atoms with E-state index in [0.29, 0.717) is 12.2 Å². The Kier molecular flexibility index (Phi) is 4.01. The number of Topliss-reactive ketones (excluding diaryl/α,β-unsaturated/α-hetero) is 1. The van der Waals surface area contributed by atoms with Crippen LogP contribution in [0.1, 0.15) is 71.1 Å². The fraction of sp³-hybridized carbons (Fsp3) is 0.929. The molecule has 2 aliphatic rings. The van der Waals surface area contributed by atoms with Crippen LogP contribution in [0.15, 0.2) is 0 Å². The van der Waals surface area contributed by atoms with E-state index >= 15 is 0 Å². The fourth-order valence-electron chi connectivity index (χ4n) is 3.12. The Morgan fingerprint density at radius 1 is 1.25 bits per heavy atom. The molecular formula is C14H24O2. The number of carbonyl (C=O) groups is 1. The molecule has 2 rings (SSSR count). The topological polar surface area (TPSA) is 26.3 Å². The summed E-state index contributed by atoms with van der Waals surface area (Å²) in [5.74, 6) is 0.397. The summed E-state index contributed by atoms with van der Waals surface area (Å²) in [5, 5.41) is 0. The van der Waals surface area contributed by atoms with Crippen LogP contribution in [-0.2, 0) is 9.53 Å². The maximum atomic E-state index is 12.1. The number of ketones is 1. The van der Waals surface area contributed by atoms with Crippen LogP contribution in [0, 0.1) is 0 Å². The van der Waals surface area contributed by atoms with Gasteiger partial charge in [-0.1, -0.05) is 45.4 Å². The zero-order chi connectivity index (χ0) is 11.4. The summed E-state index contributed by atoms with van der Waals surface area (Å²) in [6, 6.07) is 0. The lowest BCUT2D eigenvalue weighted by atomic mass is 9.82. The van der Waals surface area contributed by atoms with Crippen LogP contribution < -0.4 is 0 Å². The Labute approximate surface area is 98.7 Å². The summed E-state index contributed by atoms with van der Waals surface area (Å²) in [7, 11) is 0. The van der Waals surface area contributed by atoms with Crippen LogP contribution in [0.3, 0.4) is 0 Å². The molecule has 1 atom stereocenters. The molecule has 0 bridgehead atoms. The van der Waals surface area contributed by atoms with Gasteiger partial charge in [-0.05, 0) is 19.3 Å². The highest BCUT2D eigenvalue weighted by Gasteiger charge is 2.47. The van der Waals surface area contributed by atoms with Crippen LogP contribution in [0.4, 0.5) is 0 Å². The molecule has 1 heterocycles. The van der Waals surface area contributed by atoms with Crippen LogP contribution in [0.5, 0.6) is 0 Å². The Bertz CT molecular complexity index is 241. The zero-order valence-corrected chi connectivity index (χ0v) is 10.5. The summed E-state index contributed by atoms with van der Waals surface area (Å²) < 4.78 is 6.10. The molecule has 1 saturated heterocycles. The highest BCUT2D eigenvalue weighted by molar-refractivity contribution is 5.89. The average molecular weight is 224 g/mol. The van der Waals surface area contributed by atoms with Crippen molar-refractivity contribution >= 4 is 5.78 Å². The lowest BCUT2D eigenvalue weighted by Gasteiger charge is -2.31. The van der Waals surface area contributed by atoms with Crippen LogP contribution in [-0.4, -0.2) is 17.5 Å². The number of hydrogen-bond acceptors (Lipinski definition) is 2. The van der Waals surface area contributed by atoms with Gasteiger partial charge in [0.2, 0.25) is 0 Å². The maximum absolute atomic E-state index is 12.1. The van der Waals surface area contributed by atoms with Gasteiger partial charge >= 0.3 is 0 Å². The quantitative estimate of drug-likeness (QED) is 0.682. The molecule has 0 aromatic rings. The number of carbonyl (C=O) groups excluding carboxylic acids is 1. The van der Waals surface area contributed by atoms with Crippen LogP contribution >= 0.6 is 0 Å². The standard InChI is InChI=1S/C14H24O2/c1-2-3-5-8-12-11-13(15)14(16-12)9-6-4-7-10-14/h12H,2-11H2,1H3. The van der Waals surface area contributed by atoms with Gasteiger partial charge in [-0.25, -0.2) is 0 Å². The van der Waals surface area contributed by atoms with E-state index in [4.69, 9.17) is 4.74 Å².